The molecular weight excluding hydrogens is 326 g/mol. The molecule has 0 radical (unpaired) electrons. The minimum atomic E-state index is -0.227. The number of nitrogens with zero attached hydrogens (tertiary/aromatic N) is 1. The molecule has 0 atom stereocenters. The van der Waals surface area contributed by atoms with E-state index in [4.69, 9.17) is 4.74 Å². The molecule has 24 heavy (non-hydrogen) atoms. The highest BCUT2D eigenvalue weighted by Crippen LogP contribution is 2.18. The average molecular weight is 347 g/mol. The third-order valence-corrected chi connectivity index (χ3v) is 4.50. The van der Waals surface area contributed by atoms with Crippen molar-refractivity contribution in [3.05, 3.63) is 45.9 Å². The molecule has 0 saturated heterocycles. The van der Waals surface area contributed by atoms with Crippen LogP contribution in [0.1, 0.15) is 27.3 Å². The van der Waals surface area contributed by atoms with Crippen LogP contribution in [0.3, 0.4) is 0 Å². The second kappa shape index (κ2) is 9.02. The van der Waals surface area contributed by atoms with Gasteiger partial charge in [-0.15, -0.1) is 11.3 Å². The molecule has 7 heteroatoms. The van der Waals surface area contributed by atoms with Crippen LogP contribution in [0.4, 0.5) is 0 Å². The van der Waals surface area contributed by atoms with Crippen LogP contribution in [-0.2, 0) is 11.2 Å². The molecule has 0 unspecified atom stereocenters. The number of aryl methyl sites for hydroxylation is 2. The Morgan fingerprint density at radius 3 is 2.54 bits per heavy atom. The van der Waals surface area contributed by atoms with E-state index in [2.05, 4.69) is 15.6 Å². The highest BCUT2D eigenvalue weighted by molar-refractivity contribution is 7.13. The number of hydrogen-bond donors (Lipinski definition) is 2. The van der Waals surface area contributed by atoms with Gasteiger partial charge in [-0.05, 0) is 25.5 Å². The van der Waals surface area contributed by atoms with Crippen molar-refractivity contribution in [1.29, 1.82) is 0 Å². The molecule has 0 bridgehead atoms. The zero-order valence-electron chi connectivity index (χ0n) is 13.8. The summed E-state index contributed by atoms with van der Waals surface area (Å²) in [5.74, 6) is 0.267. The Balaban J connectivity index is 1.66. The molecule has 1 aromatic heterocycles. The van der Waals surface area contributed by atoms with Crippen LogP contribution < -0.4 is 15.4 Å². The fourth-order valence-electron chi connectivity index (χ4n) is 1.99. The summed E-state index contributed by atoms with van der Waals surface area (Å²) in [7, 11) is 0. The normalized spacial score (nSPS) is 10.2. The summed E-state index contributed by atoms with van der Waals surface area (Å²) in [6, 6.07) is 9.14. The van der Waals surface area contributed by atoms with Crippen LogP contribution in [0.2, 0.25) is 0 Å². The van der Waals surface area contributed by atoms with E-state index in [1.165, 1.54) is 11.3 Å². The molecule has 6 nitrogen and oxygen atoms in total. The van der Waals surface area contributed by atoms with Gasteiger partial charge in [0.2, 0.25) is 0 Å². The smallest absolute Gasteiger partial charge is 0.263 e. The van der Waals surface area contributed by atoms with E-state index in [1.807, 2.05) is 32.0 Å². The molecule has 1 heterocycles. The van der Waals surface area contributed by atoms with Gasteiger partial charge in [0.15, 0.2) is 6.61 Å². The molecule has 2 amide bonds. The van der Waals surface area contributed by atoms with Crippen molar-refractivity contribution in [1.82, 2.24) is 15.6 Å². The minimum Gasteiger partial charge on any atom is -0.484 e. The van der Waals surface area contributed by atoms with Crippen LogP contribution >= 0.6 is 11.3 Å². The molecule has 2 aromatic rings. The summed E-state index contributed by atoms with van der Waals surface area (Å²) in [5, 5.41) is 6.43. The first kappa shape index (κ1) is 17.9. The predicted molar refractivity (Wildman–Crippen MR) is 93.5 cm³/mol. The maximum Gasteiger partial charge on any atom is 0.263 e. The average Bonchev–Trinajstić information content (AvgIpc) is 2.98. The van der Waals surface area contributed by atoms with Gasteiger partial charge in [-0.2, -0.15) is 0 Å². The van der Waals surface area contributed by atoms with Crippen molar-refractivity contribution in [3.8, 4) is 5.75 Å². The lowest BCUT2D eigenvalue weighted by Gasteiger charge is -2.08. The summed E-state index contributed by atoms with van der Waals surface area (Å²) >= 11 is 1.41. The third kappa shape index (κ3) is 5.34. The number of rotatable bonds is 8. The van der Waals surface area contributed by atoms with Gasteiger partial charge in [0.05, 0.1) is 10.7 Å². The fourth-order valence-corrected chi connectivity index (χ4v) is 2.91. The Hall–Kier alpha value is -2.41. The van der Waals surface area contributed by atoms with E-state index in [9.17, 15) is 9.59 Å². The molecule has 0 saturated carbocycles. The van der Waals surface area contributed by atoms with E-state index in [0.29, 0.717) is 23.7 Å². The van der Waals surface area contributed by atoms with Crippen molar-refractivity contribution in [2.75, 3.05) is 19.7 Å². The summed E-state index contributed by atoms with van der Waals surface area (Å²) in [5.41, 5.74) is 0.745. The van der Waals surface area contributed by atoms with E-state index in [1.54, 1.807) is 12.1 Å². The lowest BCUT2D eigenvalue weighted by Crippen LogP contribution is -2.36. The van der Waals surface area contributed by atoms with E-state index in [0.717, 1.165) is 17.1 Å². The number of amides is 2. The van der Waals surface area contributed by atoms with Crippen molar-refractivity contribution in [2.45, 2.75) is 20.3 Å². The standard InChI is InChI=1S/C17H21N3O3S/c1-3-15-20-12(2)16(24-15)17(22)19-10-9-18-14(21)11-23-13-7-5-4-6-8-13/h4-8H,3,9-11H2,1-2H3,(H,18,21)(H,19,22). The number of aromatic nitrogens is 1. The minimum absolute atomic E-state index is 0.0498. The van der Waals surface area contributed by atoms with Gasteiger partial charge in [-0.1, -0.05) is 25.1 Å². The topological polar surface area (TPSA) is 80.3 Å². The number of benzene rings is 1. The Bertz CT molecular complexity index is 686. The number of carbonyl (C=O) groups is 2. The monoisotopic (exact) mass is 347 g/mol. The molecule has 0 aliphatic heterocycles. The lowest BCUT2D eigenvalue weighted by atomic mass is 10.3. The Morgan fingerprint density at radius 2 is 1.88 bits per heavy atom. The molecule has 0 aliphatic rings. The summed E-state index contributed by atoms with van der Waals surface area (Å²) in [6.45, 7) is 4.49. The first-order valence-corrected chi connectivity index (χ1v) is 8.61. The summed E-state index contributed by atoms with van der Waals surface area (Å²) in [6.07, 6.45) is 0.816. The third-order valence-electron chi connectivity index (χ3n) is 3.20. The van der Waals surface area contributed by atoms with Crippen LogP contribution in [0.5, 0.6) is 5.75 Å². The number of hydrogen-bond acceptors (Lipinski definition) is 5. The first-order valence-electron chi connectivity index (χ1n) is 7.79. The molecule has 2 rings (SSSR count). The highest BCUT2D eigenvalue weighted by atomic mass is 32.1. The van der Waals surface area contributed by atoms with E-state index < -0.39 is 0 Å². The molecule has 0 spiro atoms. The zero-order valence-corrected chi connectivity index (χ0v) is 14.6. The zero-order chi connectivity index (χ0) is 17.4. The molecule has 0 fully saturated rings. The Morgan fingerprint density at radius 1 is 1.17 bits per heavy atom. The summed E-state index contributed by atoms with van der Waals surface area (Å²) in [4.78, 5) is 28.7. The van der Waals surface area contributed by atoms with Gasteiger partial charge in [0, 0.05) is 13.1 Å². The van der Waals surface area contributed by atoms with Gasteiger partial charge in [-0.25, -0.2) is 4.98 Å². The number of carbonyl (C=O) groups excluding carboxylic acids is 2. The maximum atomic E-state index is 12.1. The second-order valence-electron chi connectivity index (χ2n) is 5.08. The van der Waals surface area contributed by atoms with Gasteiger partial charge in [0.1, 0.15) is 10.6 Å². The predicted octanol–water partition coefficient (Wildman–Crippen LogP) is 1.94. The van der Waals surface area contributed by atoms with Crippen molar-refractivity contribution in [2.24, 2.45) is 0 Å². The number of nitrogens with one attached hydrogen (secondary N) is 2. The molecule has 2 N–H and O–H groups in total. The quantitative estimate of drug-likeness (QED) is 0.715. The highest BCUT2D eigenvalue weighted by Gasteiger charge is 2.14. The van der Waals surface area contributed by atoms with E-state index >= 15 is 0 Å². The lowest BCUT2D eigenvalue weighted by molar-refractivity contribution is -0.123. The molecule has 128 valence electrons. The van der Waals surface area contributed by atoms with Crippen LogP contribution in [0, 0.1) is 6.92 Å². The molecule has 1 aromatic carbocycles. The SMILES string of the molecule is CCc1nc(C)c(C(=O)NCCNC(=O)COc2ccccc2)s1. The fraction of sp³-hybridized carbons (Fsp3) is 0.353. The van der Waals surface area contributed by atoms with Gasteiger partial charge in [0.25, 0.3) is 11.8 Å². The van der Waals surface area contributed by atoms with Crippen LogP contribution in [0.15, 0.2) is 30.3 Å². The Labute approximate surface area is 145 Å². The van der Waals surface area contributed by atoms with Crippen molar-refractivity contribution in [3.63, 3.8) is 0 Å². The number of para-hydroxylation sites is 1. The van der Waals surface area contributed by atoms with Gasteiger partial charge in [-0.3, -0.25) is 9.59 Å². The van der Waals surface area contributed by atoms with Crippen molar-refractivity contribution >= 4 is 23.2 Å². The van der Waals surface area contributed by atoms with Crippen molar-refractivity contribution < 1.29 is 14.3 Å². The van der Waals surface area contributed by atoms with Crippen LogP contribution in [0.25, 0.3) is 0 Å². The van der Waals surface area contributed by atoms with E-state index in [-0.39, 0.29) is 18.4 Å². The first-order chi connectivity index (χ1) is 11.6. The maximum absolute atomic E-state index is 12.1. The van der Waals surface area contributed by atoms with Crippen LogP contribution in [-0.4, -0.2) is 36.5 Å². The number of ether oxygens (including phenoxy) is 1. The second-order valence-corrected chi connectivity index (χ2v) is 6.17. The number of thiazole rings is 1. The molecular formula is C17H21N3O3S. The largest absolute Gasteiger partial charge is 0.484 e. The molecule has 0 aliphatic carbocycles. The Kier molecular flexibility index (Phi) is 6.74. The summed E-state index contributed by atoms with van der Waals surface area (Å²) < 4.78 is 5.34. The van der Waals surface area contributed by atoms with Gasteiger partial charge >= 0.3 is 0 Å². The van der Waals surface area contributed by atoms with Gasteiger partial charge < -0.3 is 15.4 Å².